The Morgan fingerprint density at radius 2 is 1.53 bits per heavy atom. The average Bonchev–Trinajstić information content (AvgIpc) is 1.63. The van der Waals surface area contributed by atoms with Gasteiger partial charge in [-0.2, -0.15) is 10.2 Å². The molecule has 1 saturated carbocycles. The van der Waals surface area contributed by atoms with Crippen LogP contribution in [0.5, 0.6) is 11.5 Å². The van der Waals surface area contributed by atoms with E-state index in [9.17, 15) is 29.5 Å². The first kappa shape index (κ1) is 67.2. The van der Waals surface area contributed by atoms with Gasteiger partial charge >= 0.3 is 6.03 Å². The number of carbonyl (C=O) groups is 4. The maximum atomic E-state index is 16.5. The van der Waals surface area contributed by atoms with Crippen LogP contribution in [0.2, 0.25) is 15.1 Å². The Kier molecular flexibility index (Phi) is 22.5. The fourth-order valence-corrected chi connectivity index (χ4v) is 12.2. The number of primary amides is 1. The number of ether oxygens (including phenoxy) is 4. The van der Waals surface area contributed by atoms with Crippen LogP contribution < -0.4 is 31.3 Å². The Morgan fingerprint density at radius 3 is 2.19 bits per heavy atom. The molecule has 1 aliphatic heterocycles. The van der Waals surface area contributed by atoms with E-state index >= 15 is 17.6 Å². The van der Waals surface area contributed by atoms with E-state index in [-0.39, 0.29) is 163 Å². The number of nitriles is 1. The zero-order chi connectivity index (χ0) is 64.3. The van der Waals surface area contributed by atoms with Crippen LogP contribution in [0.15, 0.2) is 78.9 Å². The number of likely N-dealkylation sites (N-methyl/N-ethyl adjacent to an activating group) is 1. The molecule has 89 heavy (non-hydrogen) atoms. The molecule has 0 unspecified atom stereocenters. The fourth-order valence-electron chi connectivity index (χ4n) is 11.6. The summed E-state index contributed by atoms with van der Waals surface area (Å²) in [4.78, 5) is 66.6. The SMILES string of the molecule is COc1cc(C(=O)NCCOCCOCCOCCN(C)C(=O)CCNc2nc(N3CCN(C(N)=O)CC3)c3cc(Cl)c(-c4c(O)cccc4F)c(F)c3n2)ccc1NC(=O)[C@@H]1C[C@@H](CC(C)(C)C)[C@](C#N)(c2ccc(Cl)cc2F)[C@H]1c1cccc(Cl)c1F. The molecule has 5 amide bonds. The van der Waals surface area contributed by atoms with E-state index < -0.39 is 81.0 Å². The van der Waals surface area contributed by atoms with Gasteiger partial charge in [-0.3, -0.25) is 14.4 Å². The van der Waals surface area contributed by atoms with Crippen molar-refractivity contribution in [1.82, 2.24) is 25.1 Å². The zero-order valence-electron chi connectivity index (χ0n) is 49.7. The summed E-state index contributed by atoms with van der Waals surface area (Å²) in [7, 11) is 2.99. The van der Waals surface area contributed by atoms with Crippen molar-refractivity contribution in [3.63, 3.8) is 0 Å². The van der Waals surface area contributed by atoms with Gasteiger partial charge in [-0.05, 0) is 84.3 Å². The van der Waals surface area contributed by atoms with Gasteiger partial charge in [0.25, 0.3) is 5.91 Å². The molecule has 4 atom stereocenters. The third kappa shape index (κ3) is 15.7. The maximum absolute atomic E-state index is 16.5. The molecule has 2 aliphatic rings. The molecule has 19 nitrogen and oxygen atoms in total. The van der Waals surface area contributed by atoms with Crippen LogP contribution in [-0.4, -0.2) is 148 Å². The van der Waals surface area contributed by atoms with Gasteiger partial charge in [-0.1, -0.05) is 79.8 Å². The van der Waals surface area contributed by atoms with Crippen LogP contribution in [0.4, 0.5) is 39.8 Å². The summed E-state index contributed by atoms with van der Waals surface area (Å²) in [6, 6.07) is 19.6. The molecule has 1 aliphatic carbocycles. The summed E-state index contributed by atoms with van der Waals surface area (Å²) >= 11 is 19.1. The van der Waals surface area contributed by atoms with Gasteiger partial charge in [0.05, 0.1) is 79.5 Å². The summed E-state index contributed by atoms with van der Waals surface area (Å²) < 4.78 is 86.4. The van der Waals surface area contributed by atoms with Crippen LogP contribution >= 0.6 is 34.8 Å². The maximum Gasteiger partial charge on any atom is 0.314 e. The summed E-state index contributed by atoms with van der Waals surface area (Å²) in [5.74, 6) is -7.74. The second-order valence-corrected chi connectivity index (χ2v) is 24.0. The Morgan fingerprint density at radius 1 is 0.831 bits per heavy atom. The van der Waals surface area contributed by atoms with Gasteiger partial charge in [0.2, 0.25) is 17.8 Å². The van der Waals surface area contributed by atoms with Crippen LogP contribution in [0.25, 0.3) is 22.0 Å². The largest absolute Gasteiger partial charge is 0.507 e. The number of nitrogens with zero attached hydrogens (tertiary/aromatic N) is 6. The normalized spacial score (nSPS) is 17.5. The van der Waals surface area contributed by atoms with Gasteiger partial charge in [0.1, 0.15) is 40.3 Å². The number of hydrogen-bond acceptors (Lipinski definition) is 14. The molecule has 2 fully saturated rings. The van der Waals surface area contributed by atoms with Crippen molar-refractivity contribution in [2.75, 3.05) is 115 Å². The number of aromatic nitrogens is 2. The van der Waals surface area contributed by atoms with Crippen molar-refractivity contribution in [2.45, 2.75) is 51.4 Å². The number of aromatic hydroxyl groups is 1. The third-order valence-corrected chi connectivity index (χ3v) is 16.6. The minimum atomic E-state index is -1.73. The van der Waals surface area contributed by atoms with Crippen molar-refractivity contribution in [3.8, 4) is 28.7 Å². The number of piperazine rings is 1. The van der Waals surface area contributed by atoms with E-state index in [2.05, 4.69) is 32.0 Å². The van der Waals surface area contributed by atoms with Crippen LogP contribution in [0.3, 0.4) is 0 Å². The first-order valence-corrected chi connectivity index (χ1v) is 29.9. The number of nitrogens with one attached hydrogen (secondary N) is 3. The topological polar surface area (TPSA) is 247 Å². The minimum Gasteiger partial charge on any atom is -0.507 e. The predicted molar refractivity (Wildman–Crippen MR) is 331 cm³/mol. The Labute approximate surface area is 527 Å². The molecule has 5 aromatic carbocycles. The van der Waals surface area contributed by atoms with E-state index in [0.29, 0.717) is 19.5 Å². The van der Waals surface area contributed by atoms with Crippen molar-refractivity contribution >= 4 is 86.9 Å². The van der Waals surface area contributed by atoms with E-state index in [0.717, 1.165) is 12.1 Å². The predicted octanol–water partition coefficient (Wildman–Crippen LogP) is 10.7. The first-order chi connectivity index (χ1) is 42.5. The molecule has 0 spiro atoms. The lowest BCUT2D eigenvalue weighted by atomic mass is 9.62. The van der Waals surface area contributed by atoms with Crippen molar-refractivity contribution < 1.29 is 60.8 Å². The number of halogens is 7. The zero-order valence-corrected chi connectivity index (χ0v) is 51.9. The van der Waals surface area contributed by atoms with E-state index in [1.54, 1.807) is 7.05 Å². The molecule has 8 rings (SSSR count). The molecular weight excluding hydrogens is 1220 g/mol. The molecule has 2 heterocycles. The van der Waals surface area contributed by atoms with E-state index in [1.807, 2.05) is 25.7 Å². The average molecular weight is 1290 g/mol. The lowest BCUT2D eigenvalue weighted by Gasteiger charge is -2.38. The number of hydrogen-bond donors (Lipinski definition) is 5. The van der Waals surface area contributed by atoms with Gasteiger partial charge in [0, 0.05) is 98.2 Å². The highest BCUT2D eigenvalue weighted by Gasteiger charge is 2.61. The lowest BCUT2D eigenvalue weighted by molar-refractivity contribution is -0.130. The van der Waals surface area contributed by atoms with Gasteiger partial charge < -0.3 is 60.4 Å². The highest BCUT2D eigenvalue weighted by Crippen LogP contribution is 2.61. The smallest absolute Gasteiger partial charge is 0.314 e. The van der Waals surface area contributed by atoms with Crippen LogP contribution in [0.1, 0.15) is 67.4 Å². The van der Waals surface area contributed by atoms with E-state index in [4.69, 9.17) is 59.5 Å². The minimum absolute atomic E-state index is 0.00234. The number of methoxy groups -OCH3 is 1. The molecule has 0 radical (unpaired) electrons. The molecular formula is C63H69Cl3F4N10O9. The number of nitrogens with two attached hydrogens (primary N) is 1. The molecule has 1 saturated heterocycles. The highest BCUT2D eigenvalue weighted by molar-refractivity contribution is 6.34. The number of amides is 5. The highest BCUT2D eigenvalue weighted by atomic mass is 35.5. The van der Waals surface area contributed by atoms with Crippen LogP contribution in [0, 0.1) is 51.9 Å². The standard InChI is InChI=1S/C63H69Cl3F4N10O9/c1-62(2,3)34-37-31-40(53(39-8-6-9-43(65)54(39)69)63(37,35-71)42-14-13-38(64)32-46(42)68)59(84)75-47-15-12-36(30-49(47)86-5)58(83)73-18-24-87-26-28-89-29-27-88-25-23-78(4)50(82)16-17-74-61-76-56-41(57(77-61)79-19-21-80(22-20-79)60(72)85)33-44(66)51(55(56)70)52-45(67)10-7-11-48(52)81/h6-15,30,32-33,37,40,53,81H,16-29,31,34H2,1-5H3,(H2,72,85)(H,73,83)(H,75,84)(H,74,76,77)/t37-,40+,53-,63+/m0/s1. The van der Waals surface area contributed by atoms with Crippen LogP contribution in [-0.2, 0) is 29.2 Å². The molecule has 6 N–H and O–H groups in total. The second-order valence-electron chi connectivity index (χ2n) is 22.8. The number of carbonyl (C=O) groups excluding carboxylic acids is 4. The lowest BCUT2D eigenvalue weighted by Crippen LogP contribution is -2.50. The molecule has 474 valence electrons. The molecule has 26 heteroatoms. The Hall–Kier alpha value is -7.72. The summed E-state index contributed by atoms with van der Waals surface area (Å²) in [5, 5.41) is 30.3. The number of rotatable bonds is 25. The van der Waals surface area contributed by atoms with Crippen molar-refractivity contribution in [3.05, 3.63) is 134 Å². The van der Waals surface area contributed by atoms with Gasteiger partial charge in [-0.25, -0.2) is 27.3 Å². The fraction of sp³-hybridized carbons (Fsp3) is 0.413. The van der Waals surface area contributed by atoms with Gasteiger partial charge in [-0.15, -0.1) is 0 Å². The number of phenols is 1. The Bertz CT molecular complexity index is 3610. The monoisotopic (exact) mass is 1290 g/mol. The first-order valence-electron chi connectivity index (χ1n) is 28.7. The number of fused-ring (bicyclic) bond motifs is 1. The Balaban J connectivity index is 0.762. The quantitative estimate of drug-likeness (QED) is 0.0264. The summed E-state index contributed by atoms with van der Waals surface area (Å²) in [6.07, 6.45) is 0.477. The molecule has 6 aromatic rings. The van der Waals surface area contributed by atoms with Crippen molar-refractivity contribution in [1.29, 1.82) is 5.26 Å². The summed E-state index contributed by atoms with van der Waals surface area (Å²) in [6.45, 7) is 8.82. The number of benzene rings is 5. The number of anilines is 3. The second kappa shape index (κ2) is 29.7. The van der Waals surface area contributed by atoms with Gasteiger partial charge in [0.15, 0.2) is 5.82 Å². The molecule has 1 aromatic heterocycles. The number of phenolic OH excluding ortho intramolecular Hbond substituents is 1. The van der Waals surface area contributed by atoms with E-state index in [1.165, 1.54) is 83.6 Å². The molecule has 0 bridgehead atoms. The summed E-state index contributed by atoms with van der Waals surface area (Å²) in [5.41, 5.74) is 2.74. The van der Waals surface area contributed by atoms with Crippen molar-refractivity contribution in [2.24, 2.45) is 23.0 Å². The number of urea groups is 1. The third-order valence-electron chi connectivity index (χ3n) is 15.8.